The average Bonchev–Trinajstić information content (AvgIpc) is 3.63. The third kappa shape index (κ3) is 6.15. The standard InChI is InChI=1S/C38H35N3O5S/c1-24-33(23-47-38-39-19-20-40(38)2)45-37(46-34(24)27-13-11-25(22-42)12-14-27)28-17-15-26(16-18-28)30-8-4-3-7-29(30)21-41-35(43)31-9-5-6-10-32(31)36(41)44/h3-20,24,33-34,37,42H,21-23H2,1-2H3. The van der Waals surface area contributed by atoms with Crippen LogP contribution in [0.4, 0.5) is 0 Å². The molecule has 238 valence electrons. The van der Waals surface area contributed by atoms with Gasteiger partial charge in [0.2, 0.25) is 0 Å². The van der Waals surface area contributed by atoms with E-state index in [0.717, 1.165) is 38.5 Å². The molecule has 2 aliphatic rings. The van der Waals surface area contributed by atoms with E-state index in [1.54, 1.807) is 42.2 Å². The predicted molar refractivity (Wildman–Crippen MR) is 179 cm³/mol. The number of rotatable bonds is 9. The minimum atomic E-state index is -0.594. The molecule has 8 nitrogen and oxygen atoms in total. The van der Waals surface area contributed by atoms with E-state index in [9.17, 15) is 14.7 Å². The normalized spacial score (nSPS) is 20.9. The predicted octanol–water partition coefficient (Wildman–Crippen LogP) is 6.96. The number of aliphatic hydroxyl groups is 1. The van der Waals surface area contributed by atoms with E-state index in [-0.39, 0.29) is 43.1 Å². The third-order valence-electron chi connectivity index (χ3n) is 8.99. The lowest BCUT2D eigenvalue weighted by Gasteiger charge is -2.41. The first kappa shape index (κ1) is 31.1. The molecule has 47 heavy (non-hydrogen) atoms. The fourth-order valence-corrected chi connectivity index (χ4v) is 7.37. The Morgan fingerprint density at radius 2 is 1.45 bits per heavy atom. The molecule has 9 heteroatoms. The number of fused-ring (bicyclic) bond motifs is 1. The van der Waals surface area contributed by atoms with Crippen molar-refractivity contribution >= 4 is 23.6 Å². The van der Waals surface area contributed by atoms with Crippen molar-refractivity contribution in [2.24, 2.45) is 13.0 Å². The van der Waals surface area contributed by atoms with Crippen molar-refractivity contribution in [2.75, 3.05) is 5.75 Å². The van der Waals surface area contributed by atoms with E-state index in [0.29, 0.717) is 16.9 Å². The summed E-state index contributed by atoms with van der Waals surface area (Å²) in [4.78, 5) is 31.9. The van der Waals surface area contributed by atoms with Crippen LogP contribution in [0.5, 0.6) is 0 Å². The molecule has 1 aromatic heterocycles. The first-order valence-corrected chi connectivity index (χ1v) is 16.6. The summed E-state index contributed by atoms with van der Waals surface area (Å²) in [5, 5.41) is 10.5. The van der Waals surface area contributed by atoms with Gasteiger partial charge in [-0.25, -0.2) is 4.98 Å². The molecule has 2 amide bonds. The fraction of sp³-hybridized carbons (Fsp3) is 0.237. The molecule has 1 saturated heterocycles. The van der Waals surface area contributed by atoms with Crippen LogP contribution in [0, 0.1) is 5.92 Å². The van der Waals surface area contributed by atoms with Crippen LogP contribution in [0.25, 0.3) is 11.1 Å². The number of ether oxygens (including phenoxy) is 2. The Labute approximate surface area is 278 Å². The molecule has 0 radical (unpaired) electrons. The topological polar surface area (TPSA) is 93.9 Å². The van der Waals surface area contributed by atoms with Crippen LogP contribution < -0.4 is 0 Å². The van der Waals surface area contributed by atoms with Crippen molar-refractivity contribution in [3.05, 3.63) is 143 Å². The zero-order valence-electron chi connectivity index (χ0n) is 26.2. The number of nitrogens with zero attached hydrogens (tertiary/aromatic N) is 3. The highest BCUT2D eigenvalue weighted by atomic mass is 32.2. The van der Waals surface area contributed by atoms with Crippen molar-refractivity contribution in [3.63, 3.8) is 0 Å². The first-order chi connectivity index (χ1) is 22.9. The smallest absolute Gasteiger partial charge is 0.261 e. The van der Waals surface area contributed by atoms with Gasteiger partial charge in [-0.1, -0.05) is 104 Å². The maximum Gasteiger partial charge on any atom is 0.261 e. The molecular weight excluding hydrogens is 611 g/mol. The summed E-state index contributed by atoms with van der Waals surface area (Å²) in [6.45, 7) is 2.33. The quantitative estimate of drug-likeness (QED) is 0.137. The number of hydrogen-bond acceptors (Lipinski definition) is 7. The lowest BCUT2D eigenvalue weighted by atomic mass is 9.91. The molecule has 4 aromatic carbocycles. The van der Waals surface area contributed by atoms with Gasteiger partial charge in [-0.2, -0.15) is 0 Å². The molecular formula is C38H35N3O5S. The van der Waals surface area contributed by atoms with Gasteiger partial charge in [-0.15, -0.1) is 0 Å². The molecule has 4 unspecified atom stereocenters. The number of aromatic nitrogens is 2. The minimum absolute atomic E-state index is 0.0101. The van der Waals surface area contributed by atoms with Gasteiger partial charge >= 0.3 is 0 Å². The summed E-state index contributed by atoms with van der Waals surface area (Å²) >= 11 is 1.66. The Hall–Kier alpha value is -4.54. The summed E-state index contributed by atoms with van der Waals surface area (Å²) in [6.07, 6.45) is 2.81. The van der Waals surface area contributed by atoms with Crippen molar-refractivity contribution in [2.45, 2.75) is 43.7 Å². The van der Waals surface area contributed by atoms with Gasteiger partial charge in [0, 0.05) is 36.7 Å². The van der Waals surface area contributed by atoms with Gasteiger partial charge in [0.05, 0.1) is 36.5 Å². The summed E-state index contributed by atoms with van der Waals surface area (Å²) in [6, 6.07) is 30.8. The molecule has 2 aliphatic heterocycles. The number of hydrogen-bond donors (Lipinski definition) is 1. The Morgan fingerprint density at radius 1 is 0.809 bits per heavy atom. The highest BCUT2D eigenvalue weighted by Gasteiger charge is 2.39. The Balaban J connectivity index is 1.13. The maximum atomic E-state index is 13.1. The van der Waals surface area contributed by atoms with E-state index >= 15 is 0 Å². The maximum absolute atomic E-state index is 13.1. The zero-order chi connectivity index (χ0) is 32.5. The van der Waals surface area contributed by atoms with Crippen LogP contribution in [0.15, 0.2) is 115 Å². The zero-order valence-corrected chi connectivity index (χ0v) is 27.0. The Kier molecular flexibility index (Phi) is 8.79. The van der Waals surface area contributed by atoms with Crippen LogP contribution in [0.3, 0.4) is 0 Å². The van der Waals surface area contributed by atoms with Gasteiger partial charge in [-0.3, -0.25) is 14.5 Å². The largest absolute Gasteiger partial charge is 0.392 e. The number of amides is 2. The molecule has 0 bridgehead atoms. The SMILES string of the molecule is CC1C(CSc2nccn2C)OC(c2ccc(-c3ccccc3CN3C(=O)c4ccccc4C3=O)cc2)OC1c1ccc(CO)cc1. The fourth-order valence-electron chi connectivity index (χ4n) is 6.27. The molecule has 1 fully saturated rings. The third-order valence-corrected chi connectivity index (χ3v) is 10.1. The first-order valence-electron chi connectivity index (χ1n) is 15.7. The molecule has 1 N–H and O–H groups in total. The molecule has 3 heterocycles. The van der Waals surface area contributed by atoms with E-state index in [2.05, 4.69) is 11.9 Å². The number of aryl methyl sites for hydroxylation is 1. The highest BCUT2D eigenvalue weighted by molar-refractivity contribution is 7.99. The van der Waals surface area contributed by atoms with Crippen LogP contribution in [0.2, 0.25) is 0 Å². The number of imide groups is 1. The highest BCUT2D eigenvalue weighted by Crippen LogP contribution is 2.43. The number of aliphatic hydroxyl groups excluding tert-OH is 1. The number of carbonyl (C=O) groups excluding carboxylic acids is 2. The van der Waals surface area contributed by atoms with E-state index in [4.69, 9.17) is 9.47 Å². The second-order valence-corrected chi connectivity index (χ2v) is 13.0. The summed E-state index contributed by atoms with van der Waals surface area (Å²) < 4.78 is 15.3. The van der Waals surface area contributed by atoms with E-state index in [1.165, 1.54) is 4.90 Å². The second kappa shape index (κ2) is 13.3. The van der Waals surface area contributed by atoms with Crippen molar-refractivity contribution in [3.8, 4) is 11.1 Å². The second-order valence-electron chi connectivity index (χ2n) is 12.0. The lowest BCUT2D eigenvalue weighted by molar-refractivity contribution is -0.268. The average molecular weight is 646 g/mol. The summed E-state index contributed by atoms with van der Waals surface area (Å²) in [5.74, 6) is 0.230. The molecule has 4 atom stereocenters. The Bertz CT molecular complexity index is 1870. The summed E-state index contributed by atoms with van der Waals surface area (Å²) in [7, 11) is 1.98. The van der Waals surface area contributed by atoms with Crippen LogP contribution in [-0.4, -0.2) is 43.2 Å². The molecule has 0 saturated carbocycles. The van der Waals surface area contributed by atoms with Crippen LogP contribution in [0.1, 0.15) is 62.3 Å². The van der Waals surface area contributed by atoms with Gasteiger partial charge in [0.1, 0.15) is 0 Å². The number of carbonyl (C=O) groups is 2. The van der Waals surface area contributed by atoms with Gasteiger partial charge in [0.25, 0.3) is 11.8 Å². The number of thioether (sulfide) groups is 1. The minimum Gasteiger partial charge on any atom is -0.392 e. The van der Waals surface area contributed by atoms with E-state index < -0.39 is 6.29 Å². The molecule has 0 spiro atoms. The molecule has 0 aliphatic carbocycles. The van der Waals surface area contributed by atoms with Crippen molar-refractivity contribution in [1.82, 2.24) is 14.5 Å². The van der Waals surface area contributed by atoms with Crippen LogP contribution >= 0.6 is 11.8 Å². The van der Waals surface area contributed by atoms with Gasteiger partial charge in [0.15, 0.2) is 11.4 Å². The number of benzene rings is 4. The van der Waals surface area contributed by atoms with E-state index in [1.807, 2.05) is 90.6 Å². The molecule has 7 rings (SSSR count). The lowest BCUT2D eigenvalue weighted by Crippen LogP contribution is -2.38. The monoisotopic (exact) mass is 645 g/mol. The van der Waals surface area contributed by atoms with Crippen molar-refractivity contribution in [1.29, 1.82) is 0 Å². The van der Waals surface area contributed by atoms with Gasteiger partial charge in [-0.05, 0) is 39.9 Å². The van der Waals surface area contributed by atoms with Crippen molar-refractivity contribution < 1.29 is 24.2 Å². The van der Waals surface area contributed by atoms with Crippen LogP contribution in [-0.2, 0) is 29.7 Å². The van der Waals surface area contributed by atoms with Gasteiger partial charge < -0.3 is 19.1 Å². The number of imidazole rings is 1. The molecule has 5 aromatic rings. The Morgan fingerprint density at radius 3 is 2.09 bits per heavy atom. The summed E-state index contributed by atoms with van der Waals surface area (Å²) in [5.41, 5.74) is 6.46.